The first kappa shape index (κ1) is 16.6. The summed E-state index contributed by atoms with van der Waals surface area (Å²) in [6.07, 6.45) is 0. The van der Waals surface area contributed by atoms with E-state index in [-0.39, 0.29) is 16.8 Å². The highest BCUT2D eigenvalue weighted by atomic mass is 15.1. The van der Waals surface area contributed by atoms with E-state index in [4.69, 9.17) is 12.3 Å². The first-order valence-corrected chi connectivity index (χ1v) is 13.3. The monoisotopic (exact) mass is 532 g/mol. The van der Waals surface area contributed by atoms with Gasteiger partial charge in [0.1, 0.15) is 0 Å². The van der Waals surface area contributed by atoms with E-state index in [2.05, 4.69) is 36.4 Å². The highest BCUT2D eigenvalue weighted by Crippen LogP contribution is 2.40. The molecule has 0 heterocycles. The summed E-state index contributed by atoms with van der Waals surface area (Å²) < 4.78 is 77.3. The maximum absolute atomic E-state index is 9.13. The molecule has 0 radical (unpaired) electrons. The van der Waals surface area contributed by atoms with Gasteiger partial charge in [-0.3, -0.25) is 0 Å². The Hall–Kier alpha value is -5.40. The zero-order chi connectivity index (χ0) is 35.3. The second-order valence-electron chi connectivity index (χ2n) is 9.52. The number of hydrogen-bond acceptors (Lipinski definition) is 1. The van der Waals surface area contributed by atoms with E-state index in [0.29, 0.717) is 11.4 Å². The van der Waals surface area contributed by atoms with Gasteiger partial charge in [-0.05, 0) is 80.5 Å². The van der Waals surface area contributed by atoms with Crippen molar-refractivity contribution in [1.82, 2.24) is 0 Å². The molecule has 0 saturated carbocycles. The van der Waals surface area contributed by atoms with E-state index in [9.17, 15) is 0 Å². The summed E-state index contributed by atoms with van der Waals surface area (Å²) in [5.41, 5.74) is 4.56. The summed E-state index contributed by atoms with van der Waals surface area (Å²) in [5.74, 6) is 0. The van der Waals surface area contributed by atoms with Gasteiger partial charge in [-0.2, -0.15) is 0 Å². The number of hydrogen-bond donors (Lipinski definition) is 0. The molecular formula is C40H29N. The van der Waals surface area contributed by atoms with Crippen molar-refractivity contribution in [2.45, 2.75) is 0 Å². The Labute approximate surface area is 254 Å². The fourth-order valence-electron chi connectivity index (χ4n) is 5.12. The SMILES string of the molecule is [2H]c1c([2H])c([2H])c(-c2c([2H])c([2H])c(N(c3ccccc3)c3ccc(-c4ccc5ccccc5c4-c4ccccc4)cc3)c([2H])c2[2H])c([2H])c1[2H]. The first-order valence-electron chi connectivity index (χ1n) is 17.8. The van der Waals surface area contributed by atoms with Gasteiger partial charge in [0.2, 0.25) is 0 Å². The Morgan fingerprint density at radius 1 is 0.390 bits per heavy atom. The largest absolute Gasteiger partial charge is 0.311 e. The number of para-hydroxylation sites is 1. The van der Waals surface area contributed by atoms with Crippen LogP contribution in [0.2, 0.25) is 0 Å². The van der Waals surface area contributed by atoms with Crippen LogP contribution < -0.4 is 4.90 Å². The highest BCUT2D eigenvalue weighted by molar-refractivity contribution is 6.04. The molecule has 1 heteroatoms. The third kappa shape index (κ3) is 4.90. The number of nitrogens with zero attached hydrogens (tertiary/aromatic N) is 1. The quantitative estimate of drug-likeness (QED) is 0.206. The fraction of sp³-hybridized carbons (Fsp3) is 0. The van der Waals surface area contributed by atoms with Crippen molar-refractivity contribution in [3.05, 3.63) is 176 Å². The lowest BCUT2D eigenvalue weighted by Gasteiger charge is -2.26. The topological polar surface area (TPSA) is 3.24 Å². The summed E-state index contributed by atoms with van der Waals surface area (Å²) in [6, 6.07) is 34.6. The maximum atomic E-state index is 9.13. The predicted molar refractivity (Wildman–Crippen MR) is 175 cm³/mol. The summed E-state index contributed by atoms with van der Waals surface area (Å²) in [4.78, 5) is 1.65. The molecule has 0 aromatic heterocycles. The lowest BCUT2D eigenvalue weighted by molar-refractivity contribution is 1.28. The second kappa shape index (κ2) is 11.0. The molecule has 0 unspecified atom stereocenters. The van der Waals surface area contributed by atoms with Gasteiger partial charge in [0, 0.05) is 17.1 Å². The normalized spacial score (nSPS) is 14.0. The molecule has 0 bridgehead atoms. The molecule has 0 fully saturated rings. The molecule has 7 aromatic rings. The molecule has 0 atom stereocenters. The van der Waals surface area contributed by atoms with Crippen molar-refractivity contribution in [2.24, 2.45) is 0 Å². The van der Waals surface area contributed by atoms with Gasteiger partial charge in [0.15, 0.2) is 0 Å². The Bertz CT molecular complexity index is 2350. The van der Waals surface area contributed by atoms with Crippen LogP contribution in [0.4, 0.5) is 17.1 Å². The third-order valence-corrected chi connectivity index (χ3v) is 7.03. The molecule has 1 nitrogen and oxygen atoms in total. The molecule has 7 rings (SSSR count). The molecule has 0 aliphatic carbocycles. The number of rotatable bonds is 6. The lowest BCUT2D eigenvalue weighted by atomic mass is 9.90. The van der Waals surface area contributed by atoms with Gasteiger partial charge in [-0.1, -0.05) is 139 Å². The van der Waals surface area contributed by atoms with Crippen LogP contribution in [0, 0.1) is 0 Å². The molecule has 0 saturated heterocycles. The van der Waals surface area contributed by atoms with Gasteiger partial charge < -0.3 is 4.90 Å². The molecule has 0 N–H and O–H groups in total. The lowest BCUT2D eigenvalue weighted by Crippen LogP contribution is -2.09. The van der Waals surface area contributed by atoms with Crippen LogP contribution in [0.1, 0.15) is 12.3 Å². The van der Waals surface area contributed by atoms with Crippen LogP contribution in [0.15, 0.2) is 176 Å². The van der Waals surface area contributed by atoms with Crippen LogP contribution >= 0.6 is 0 Å². The van der Waals surface area contributed by atoms with E-state index in [1.54, 1.807) is 17.0 Å². The molecule has 0 spiro atoms. The van der Waals surface area contributed by atoms with Gasteiger partial charge in [0.05, 0.1) is 12.3 Å². The molecule has 0 amide bonds. The Balaban J connectivity index is 1.41. The Kier molecular flexibility index (Phi) is 4.46. The molecule has 0 aliphatic heterocycles. The molecule has 0 aliphatic rings. The molecular weight excluding hydrogens is 494 g/mol. The van der Waals surface area contributed by atoms with Crippen molar-refractivity contribution in [2.75, 3.05) is 4.90 Å². The second-order valence-corrected chi connectivity index (χ2v) is 9.52. The van der Waals surface area contributed by atoms with Crippen LogP contribution in [0.5, 0.6) is 0 Å². The van der Waals surface area contributed by atoms with Gasteiger partial charge in [-0.25, -0.2) is 0 Å². The summed E-state index contributed by atoms with van der Waals surface area (Å²) in [7, 11) is 0. The summed E-state index contributed by atoms with van der Waals surface area (Å²) in [5, 5.41) is 2.24. The average Bonchev–Trinajstić information content (AvgIpc) is 3.15. The summed E-state index contributed by atoms with van der Waals surface area (Å²) in [6.45, 7) is 0. The zero-order valence-corrected chi connectivity index (χ0v) is 22.0. The van der Waals surface area contributed by atoms with Crippen molar-refractivity contribution >= 4 is 27.8 Å². The van der Waals surface area contributed by atoms with Crippen LogP contribution in [0.3, 0.4) is 0 Å². The average molecular weight is 533 g/mol. The third-order valence-electron chi connectivity index (χ3n) is 7.03. The minimum absolute atomic E-state index is 0.0363. The van der Waals surface area contributed by atoms with Crippen molar-refractivity contribution < 1.29 is 12.3 Å². The smallest absolute Gasteiger partial charge is 0.0645 e. The standard InChI is InChI=1S/C40H29N/c1-4-12-30(13-5-1)31-20-25-36(26-21-31)41(35-17-8-3-9-18-35)37-27-22-33(23-28-37)39-29-24-32-14-10-11-19-38(32)40(39)34-15-6-2-7-16-34/h1-29H/i1D,4D,5D,12D,13D,20D,21D,25D,26D. The van der Waals surface area contributed by atoms with Gasteiger partial charge in [-0.15, -0.1) is 0 Å². The van der Waals surface area contributed by atoms with Crippen molar-refractivity contribution in [1.29, 1.82) is 0 Å². The predicted octanol–water partition coefficient (Wildman–Crippen LogP) is 11.3. The van der Waals surface area contributed by atoms with E-state index in [0.717, 1.165) is 33.0 Å². The zero-order valence-electron chi connectivity index (χ0n) is 31.0. The minimum atomic E-state index is -0.616. The number of fused-ring (bicyclic) bond motifs is 1. The van der Waals surface area contributed by atoms with E-state index in [1.807, 2.05) is 72.8 Å². The first-order chi connectivity index (χ1) is 24.1. The van der Waals surface area contributed by atoms with Crippen molar-refractivity contribution in [3.8, 4) is 33.4 Å². The maximum Gasteiger partial charge on any atom is 0.0645 e. The number of anilines is 3. The van der Waals surface area contributed by atoms with Gasteiger partial charge in [0.25, 0.3) is 0 Å². The van der Waals surface area contributed by atoms with E-state index >= 15 is 0 Å². The fourth-order valence-corrected chi connectivity index (χ4v) is 5.12. The Morgan fingerprint density at radius 3 is 1.73 bits per heavy atom. The summed E-state index contributed by atoms with van der Waals surface area (Å²) >= 11 is 0. The number of benzene rings is 7. The van der Waals surface area contributed by atoms with Gasteiger partial charge >= 0.3 is 0 Å². The van der Waals surface area contributed by atoms with Crippen LogP contribution in [0.25, 0.3) is 44.2 Å². The Morgan fingerprint density at radius 2 is 1.00 bits per heavy atom. The van der Waals surface area contributed by atoms with Crippen LogP contribution in [-0.2, 0) is 0 Å². The van der Waals surface area contributed by atoms with Crippen LogP contribution in [-0.4, -0.2) is 0 Å². The highest BCUT2D eigenvalue weighted by Gasteiger charge is 2.15. The minimum Gasteiger partial charge on any atom is -0.311 e. The van der Waals surface area contributed by atoms with E-state index < -0.39 is 54.4 Å². The van der Waals surface area contributed by atoms with Crippen molar-refractivity contribution in [3.63, 3.8) is 0 Å². The molecule has 41 heavy (non-hydrogen) atoms. The molecule has 7 aromatic carbocycles. The molecule has 194 valence electrons. The van der Waals surface area contributed by atoms with E-state index in [1.165, 1.54) is 0 Å².